The zero-order valence-corrected chi connectivity index (χ0v) is 14.4. The van der Waals surface area contributed by atoms with Gasteiger partial charge >= 0.3 is 0 Å². The first-order chi connectivity index (χ1) is 12.6. The third-order valence-corrected chi connectivity index (χ3v) is 4.53. The summed E-state index contributed by atoms with van der Waals surface area (Å²) in [6, 6.07) is 22.2. The van der Waals surface area contributed by atoms with Gasteiger partial charge in [0, 0.05) is 17.5 Å². The van der Waals surface area contributed by atoms with Crippen molar-refractivity contribution in [3.05, 3.63) is 99.7 Å². The van der Waals surface area contributed by atoms with Gasteiger partial charge in [0.1, 0.15) is 17.1 Å². The Morgan fingerprint density at radius 1 is 0.923 bits per heavy atom. The van der Waals surface area contributed by atoms with Crippen LogP contribution in [0.5, 0.6) is 5.75 Å². The molecule has 0 radical (unpaired) electrons. The van der Waals surface area contributed by atoms with E-state index in [9.17, 15) is 9.90 Å². The number of rotatable bonds is 3. The molecule has 0 spiro atoms. The van der Waals surface area contributed by atoms with E-state index in [-0.39, 0.29) is 11.2 Å². The van der Waals surface area contributed by atoms with E-state index in [0.717, 1.165) is 11.1 Å². The average molecular weight is 342 g/mol. The maximum absolute atomic E-state index is 13.2. The van der Waals surface area contributed by atoms with E-state index < -0.39 is 0 Å². The van der Waals surface area contributed by atoms with E-state index >= 15 is 0 Å². The molecule has 0 saturated carbocycles. The summed E-state index contributed by atoms with van der Waals surface area (Å²) in [7, 11) is 0. The molecular formula is C23H18O3. The van der Waals surface area contributed by atoms with E-state index in [0.29, 0.717) is 34.3 Å². The van der Waals surface area contributed by atoms with Crippen molar-refractivity contribution in [1.29, 1.82) is 0 Å². The van der Waals surface area contributed by atoms with Gasteiger partial charge in [-0.1, -0.05) is 54.1 Å². The molecule has 0 fully saturated rings. The molecule has 0 saturated heterocycles. The predicted octanol–water partition coefficient (Wildman–Crippen LogP) is 5.06. The first kappa shape index (κ1) is 16.2. The Morgan fingerprint density at radius 2 is 1.69 bits per heavy atom. The third-order valence-electron chi connectivity index (χ3n) is 4.53. The molecule has 1 heterocycles. The number of benzene rings is 3. The minimum atomic E-state index is -0.0633. The van der Waals surface area contributed by atoms with E-state index in [4.69, 9.17) is 4.42 Å². The highest BCUT2D eigenvalue weighted by molar-refractivity contribution is 5.80. The molecule has 1 N–H and O–H groups in total. The summed E-state index contributed by atoms with van der Waals surface area (Å²) < 4.78 is 6.15. The lowest BCUT2D eigenvalue weighted by Crippen LogP contribution is -2.12. The molecule has 0 aliphatic carbocycles. The number of para-hydroxylation sites is 2. The van der Waals surface area contributed by atoms with Crippen LogP contribution in [-0.4, -0.2) is 5.11 Å². The van der Waals surface area contributed by atoms with Gasteiger partial charge in [0.15, 0.2) is 5.43 Å². The van der Waals surface area contributed by atoms with Crippen LogP contribution in [0.2, 0.25) is 0 Å². The summed E-state index contributed by atoms with van der Waals surface area (Å²) >= 11 is 0. The first-order valence-corrected chi connectivity index (χ1v) is 8.52. The molecular weight excluding hydrogens is 324 g/mol. The van der Waals surface area contributed by atoms with Crippen LogP contribution in [0.3, 0.4) is 0 Å². The average Bonchev–Trinajstić information content (AvgIpc) is 2.65. The number of aryl methyl sites for hydroxylation is 1. The zero-order chi connectivity index (χ0) is 18.1. The van der Waals surface area contributed by atoms with Crippen molar-refractivity contribution in [2.75, 3.05) is 0 Å². The van der Waals surface area contributed by atoms with Crippen molar-refractivity contribution in [3.63, 3.8) is 0 Å². The van der Waals surface area contributed by atoms with Crippen LogP contribution in [0.15, 0.2) is 82.0 Å². The normalized spacial score (nSPS) is 11.0. The van der Waals surface area contributed by atoms with Gasteiger partial charge in [0.2, 0.25) is 0 Å². The Morgan fingerprint density at radius 3 is 2.50 bits per heavy atom. The summed E-state index contributed by atoms with van der Waals surface area (Å²) in [5.41, 5.74) is 3.70. The zero-order valence-electron chi connectivity index (χ0n) is 14.4. The van der Waals surface area contributed by atoms with Crippen molar-refractivity contribution in [3.8, 4) is 17.1 Å². The molecule has 0 aliphatic rings. The van der Waals surface area contributed by atoms with Crippen molar-refractivity contribution in [2.45, 2.75) is 13.3 Å². The molecule has 4 rings (SSSR count). The third kappa shape index (κ3) is 2.88. The van der Waals surface area contributed by atoms with Gasteiger partial charge in [-0.2, -0.15) is 0 Å². The van der Waals surface area contributed by atoms with Crippen LogP contribution in [0.4, 0.5) is 0 Å². The number of phenols is 1. The van der Waals surface area contributed by atoms with Gasteiger partial charge in [-0.25, -0.2) is 0 Å². The molecule has 26 heavy (non-hydrogen) atoms. The highest BCUT2D eigenvalue weighted by atomic mass is 16.3. The smallest absolute Gasteiger partial charge is 0.196 e. The van der Waals surface area contributed by atoms with E-state index in [2.05, 4.69) is 0 Å². The van der Waals surface area contributed by atoms with E-state index in [1.165, 1.54) is 0 Å². The van der Waals surface area contributed by atoms with Gasteiger partial charge in [0.05, 0.1) is 5.39 Å². The van der Waals surface area contributed by atoms with Crippen LogP contribution in [0, 0.1) is 6.92 Å². The van der Waals surface area contributed by atoms with Crippen LogP contribution >= 0.6 is 0 Å². The molecule has 3 heteroatoms. The second-order valence-electron chi connectivity index (χ2n) is 6.41. The Balaban J connectivity index is 2.00. The van der Waals surface area contributed by atoms with Crippen LogP contribution in [0.25, 0.3) is 22.3 Å². The van der Waals surface area contributed by atoms with Crippen LogP contribution < -0.4 is 5.43 Å². The molecule has 128 valence electrons. The number of aromatic hydroxyl groups is 1. The predicted molar refractivity (Wildman–Crippen MR) is 104 cm³/mol. The molecule has 0 atom stereocenters. The number of hydrogen-bond acceptors (Lipinski definition) is 3. The quantitative estimate of drug-likeness (QED) is 0.566. The Bertz CT molecular complexity index is 1160. The maximum Gasteiger partial charge on any atom is 0.196 e. The lowest BCUT2D eigenvalue weighted by atomic mass is 9.97. The van der Waals surface area contributed by atoms with Crippen molar-refractivity contribution in [1.82, 2.24) is 0 Å². The summed E-state index contributed by atoms with van der Waals surface area (Å²) in [6.07, 6.45) is 0.309. The summed E-state index contributed by atoms with van der Waals surface area (Å²) in [5, 5.41) is 10.7. The maximum atomic E-state index is 13.2. The lowest BCUT2D eigenvalue weighted by molar-refractivity contribution is 0.469. The van der Waals surface area contributed by atoms with Crippen LogP contribution in [0.1, 0.15) is 16.7 Å². The van der Waals surface area contributed by atoms with E-state index in [1.54, 1.807) is 24.3 Å². The monoisotopic (exact) mass is 342 g/mol. The fraction of sp³-hybridized carbons (Fsp3) is 0.0870. The second kappa shape index (κ2) is 6.52. The molecule has 4 aromatic rings. The van der Waals surface area contributed by atoms with Crippen molar-refractivity contribution >= 4 is 11.0 Å². The van der Waals surface area contributed by atoms with Crippen LogP contribution in [-0.2, 0) is 6.42 Å². The van der Waals surface area contributed by atoms with E-state index in [1.807, 2.05) is 55.5 Å². The summed E-state index contributed by atoms with van der Waals surface area (Å²) in [6.45, 7) is 2.01. The fourth-order valence-electron chi connectivity index (χ4n) is 3.21. The summed E-state index contributed by atoms with van der Waals surface area (Å²) in [4.78, 5) is 13.2. The van der Waals surface area contributed by atoms with Gasteiger partial charge in [0.25, 0.3) is 0 Å². The molecule has 0 unspecified atom stereocenters. The van der Waals surface area contributed by atoms with Gasteiger partial charge < -0.3 is 9.52 Å². The van der Waals surface area contributed by atoms with Gasteiger partial charge in [-0.3, -0.25) is 4.79 Å². The SMILES string of the molecule is Cc1cccc(-c2oc3ccccc3c(=O)c2Cc2ccccc2O)c1. The first-order valence-electron chi connectivity index (χ1n) is 8.52. The van der Waals surface area contributed by atoms with Crippen molar-refractivity contribution < 1.29 is 9.52 Å². The minimum Gasteiger partial charge on any atom is -0.508 e. The Hall–Kier alpha value is -3.33. The van der Waals surface area contributed by atoms with Gasteiger partial charge in [-0.15, -0.1) is 0 Å². The highest BCUT2D eigenvalue weighted by Crippen LogP contribution is 2.29. The Kier molecular flexibility index (Phi) is 4.05. The fourth-order valence-corrected chi connectivity index (χ4v) is 3.21. The summed E-state index contributed by atoms with van der Waals surface area (Å²) in [5.74, 6) is 0.732. The lowest BCUT2D eigenvalue weighted by Gasteiger charge is -2.12. The number of hydrogen-bond donors (Lipinski definition) is 1. The molecule has 1 aromatic heterocycles. The second-order valence-corrected chi connectivity index (χ2v) is 6.41. The largest absolute Gasteiger partial charge is 0.508 e. The minimum absolute atomic E-state index is 0.0633. The van der Waals surface area contributed by atoms with Crippen molar-refractivity contribution in [2.24, 2.45) is 0 Å². The highest BCUT2D eigenvalue weighted by Gasteiger charge is 2.17. The number of fused-ring (bicyclic) bond motifs is 1. The molecule has 0 aliphatic heterocycles. The molecule has 3 aromatic carbocycles. The topological polar surface area (TPSA) is 50.4 Å². The standard InChI is InChI=1S/C23H18O3/c1-15-7-6-9-17(13-15)23-19(14-16-8-2-4-11-20(16)24)22(25)18-10-3-5-12-21(18)26-23/h2-13,24H,14H2,1H3. The number of phenolic OH excluding ortho intramolecular Hbond substituents is 1. The molecule has 3 nitrogen and oxygen atoms in total. The Labute approximate surface area is 151 Å². The molecule has 0 amide bonds. The van der Waals surface area contributed by atoms with Gasteiger partial charge in [-0.05, 0) is 36.8 Å². The molecule has 0 bridgehead atoms.